The van der Waals surface area contributed by atoms with Crippen molar-refractivity contribution in [1.82, 2.24) is 15.1 Å². The van der Waals surface area contributed by atoms with Gasteiger partial charge in [-0.3, -0.25) is 29.3 Å². The van der Waals surface area contributed by atoms with Crippen molar-refractivity contribution in [3.05, 3.63) is 71.3 Å². The highest BCUT2D eigenvalue weighted by molar-refractivity contribution is 6.14. The van der Waals surface area contributed by atoms with Crippen LogP contribution in [-0.4, -0.2) is 68.2 Å². The van der Waals surface area contributed by atoms with E-state index in [9.17, 15) is 29.1 Å². The van der Waals surface area contributed by atoms with Gasteiger partial charge in [-0.05, 0) is 80.4 Å². The lowest BCUT2D eigenvalue weighted by molar-refractivity contribution is -0.196. The van der Waals surface area contributed by atoms with Gasteiger partial charge in [-0.25, -0.2) is 9.69 Å². The van der Waals surface area contributed by atoms with Crippen molar-refractivity contribution in [3.8, 4) is 0 Å². The van der Waals surface area contributed by atoms with Crippen LogP contribution in [0.3, 0.4) is 0 Å². The van der Waals surface area contributed by atoms with Crippen LogP contribution in [0.5, 0.6) is 0 Å². The molecule has 0 radical (unpaired) electrons. The first-order chi connectivity index (χ1) is 22.8. The second kappa shape index (κ2) is 12.0. The highest BCUT2D eigenvalue weighted by Gasteiger charge is 2.77. The number of urea groups is 1. The summed E-state index contributed by atoms with van der Waals surface area (Å²) in [6.07, 6.45) is 3.04. The molecule has 5 fully saturated rings. The van der Waals surface area contributed by atoms with Gasteiger partial charge in [0.1, 0.15) is 11.1 Å². The van der Waals surface area contributed by atoms with Gasteiger partial charge in [0.2, 0.25) is 11.8 Å². The summed E-state index contributed by atoms with van der Waals surface area (Å²) >= 11 is 0. The SMILES string of the molecule is CC(=O)[C@]1(N2C(=O)N(Cc3ccccc3)[C@](C)(c3ccc(C=NN)cc3)C2=O)C2CC3CC(C2)CC1(C(=O)NC(=O)[C@@H](N)CC(=O)O)C3. The number of aliphatic carboxylic acids is 1. The molecule has 1 saturated heterocycles. The molecule has 0 spiro atoms. The lowest BCUT2D eigenvalue weighted by atomic mass is 9.40. The molecule has 252 valence electrons. The monoisotopic (exact) mass is 656 g/mol. The van der Waals surface area contributed by atoms with Crippen LogP contribution in [0.25, 0.3) is 0 Å². The van der Waals surface area contributed by atoms with Crippen molar-refractivity contribution in [3.63, 3.8) is 0 Å². The predicted molar refractivity (Wildman–Crippen MR) is 173 cm³/mol. The molecule has 13 heteroatoms. The minimum absolute atomic E-state index is 0.0377. The van der Waals surface area contributed by atoms with E-state index in [2.05, 4.69) is 10.4 Å². The maximum atomic E-state index is 15.2. The number of hydrogen-bond donors (Lipinski definition) is 4. The molecule has 4 saturated carbocycles. The first-order valence-corrected chi connectivity index (χ1v) is 16.2. The molecule has 4 bridgehead atoms. The molecule has 2 unspecified atom stereocenters. The molecular formula is C35H40N6O7. The summed E-state index contributed by atoms with van der Waals surface area (Å²) in [6, 6.07) is 13.8. The molecule has 4 aliphatic carbocycles. The topological polar surface area (TPSA) is 206 Å². The third-order valence-corrected chi connectivity index (χ3v) is 11.3. The molecular weight excluding hydrogens is 616 g/mol. The summed E-state index contributed by atoms with van der Waals surface area (Å²) in [7, 11) is 0. The quantitative estimate of drug-likeness (QED) is 0.128. The lowest BCUT2D eigenvalue weighted by Crippen LogP contribution is -2.79. The number of carbonyl (C=O) groups is 6. The Morgan fingerprint density at radius 1 is 1.02 bits per heavy atom. The van der Waals surface area contributed by atoms with Gasteiger partial charge in [0.05, 0.1) is 24.1 Å². The highest BCUT2D eigenvalue weighted by Crippen LogP contribution is 2.68. The number of Topliss-reactive ketones (excluding diaryl/α,β-unsaturated/α-hetero) is 1. The zero-order valence-corrected chi connectivity index (χ0v) is 26.9. The third-order valence-electron chi connectivity index (χ3n) is 11.3. The van der Waals surface area contributed by atoms with Crippen LogP contribution in [0.15, 0.2) is 59.7 Å². The molecule has 7 rings (SSSR count). The number of hydrazone groups is 1. The van der Waals surface area contributed by atoms with Gasteiger partial charge >= 0.3 is 12.0 Å². The number of ketones is 1. The number of benzene rings is 2. The van der Waals surface area contributed by atoms with E-state index in [1.807, 2.05) is 30.3 Å². The fourth-order valence-corrected chi connectivity index (χ4v) is 9.45. The Balaban J connectivity index is 1.51. The predicted octanol–water partition coefficient (Wildman–Crippen LogP) is 2.26. The average Bonchev–Trinajstić information content (AvgIpc) is 3.22. The number of hydrogen-bond acceptors (Lipinski definition) is 9. The Hall–Kier alpha value is -4.91. The van der Waals surface area contributed by atoms with E-state index in [0.29, 0.717) is 24.0 Å². The largest absolute Gasteiger partial charge is 0.481 e. The maximum absolute atomic E-state index is 15.2. The molecule has 5 amide bonds. The first-order valence-electron chi connectivity index (χ1n) is 16.2. The van der Waals surface area contributed by atoms with Crippen molar-refractivity contribution in [2.24, 2.45) is 39.8 Å². The van der Waals surface area contributed by atoms with Crippen molar-refractivity contribution >= 4 is 41.7 Å². The number of amides is 5. The van der Waals surface area contributed by atoms with Crippen molar-refractivity contribution < 1.29 is 33.9 Å². The number of carboxylic acids is 1. The molecule has 1 aliphatic heterocycles. The summed E-state index contributed by atoms with van der Waals surface area (Å²) in [5.74, 6) is 0.628. The third kappa shape index (κ3) is 4.82. The van der Waals surface area contributed by atoms with E-state index in [0.717, 1.165) is 16.9 Å². The minimum Gasteiger partial charge on any atom is -0.481 e. The summed E-state index contributed by atoms with van der Waals surface area (Å²) in [5, 5.41) is 15.1. The van der Waals surface area contributed by atoms with E-state index in [1.165, 1.54) is 18.0 Å². The van der Waals surface area contributed by atoms with Gasteiger partial charge in [0.15, 0.2) is 5.78 Å². The molecule has 2 aromatic carbocycles. The van der Waals surface area contributed by atoms with Gasteiger partial charge in [-0.15, -0.1) is 0 Å². The van der Waals surface area contributed by atoms with E-state index in [1.54, 1.807) is 31.2 Å². The number of nitrogens with two attached hydrogens (primary N) is 2. The number of imide groups is 2. The van der Waals surface area contributed by atoms with Crippen LogP contribution < -0.4 is 16.9 Å². The number of nitrogens with zero attached hydrogens (tertiary/aromatic N) is 3. The standard InChI is InChI=1S/C35H40N6O7/c1-20(42)35(26-13-23-12-24(14-26)17-34(35,16-23)30(46)39-29(45)27(36)15-28(43)44)41-31(47)33(2,25-10-8-21(9-11-25)18-38-37)40(32(41)48)19-22-6-4-3-5-7-22/h3-11,18,23-24,26-27H,12-17,19,36-37H2,1-2H3,(H,43,44)(H,39,45,46)/t23?,24?,26?,27-,33+,34?,35-/m0/s1. The summed E-state index contributed by atoms with van der Waals surface area (Å²) in [6.45, 7) is 3.00. The first kappa shape index (κ1) is 33.0. The van der Waals surface area contributed by atoms with Crippen LogP contribution in [-0.2, 0) is 36.1 Å². The molecule has 5 aliphatic rings. The van der Waals surface area contributed by atoms with Gasteiger partial charge in [-0.1, -0.05) is 54.6 Å². The second-order valence-corrected chi connectivity index (χ2v) is 13.9. The number of carboxylic acid groups (broad SMARTS) is 1. The highest BCUT2D eigenvalue weighted by atomic mass is 16.4. The Morgan fingerprint density at radius 2 is 1.65 bits per heavy atom. The Bertz CT molecular complexity index is 1700. The van der Waals surface area contributed by atoms with E-state index >= 15 is 4.79 Å². The van der Waals surface area contributed by atoms with Gasteiger partial charge < -0.3 is 21.6 Å². The molecule has 48 heavy (non-hydrogen) atoms. The maximum Gasteiger partial charge on any atom is 0.329 e. The molecule has 1 heterocycles. The normalized spacial score (nSPS) is 31.4. The van der Waals surface area contributed by atoms with Crippen LogP contribution in [0.1, 0.15) is 69.1 Å². The zero-order chi connectivity index (χ0) is 34.6. The molecule has 2 aromatic rings. The fourth-order valence-electron chi connectivity index (χ4n) is 9.45. The Labute approximate surface area is 277 Å². The van der Waals surface area contributed by atoms with Crippen LogP contribution >= 0.6 is 0 Å². The number of nitrogens with one attached hydrogen (secondary N) is 1. The van der Waals surface area contributed by atoms with E-state index < -0.39 is 70.4 Å². The van der Waals surface area contributed by atoms with Crippen molar-refractivity contribution in [2.75, 3.05) is 0 Å². The number of rotatable bonds is 10. The lowest BCUT2D eigenvalue weighted by Gasteiger charge is -2.66. The van der Waals surface area contributed by atoms with Gasteiger partial charge in [0, 0.05) is 6.54 Å². The summed E-state index contributed by atoms with van der Waals surface area (Å²) < 4.78 is 0. The molecule has 0 aromatic heterocycles. The second-order valence-electron chi connectivity index (χ2n) is 13.9. The van der Waals surface area contributed by atoms with Crippen LogP contribution in [0.4, 0.5) is 4.79 Å². The van der Waals surface area contributed by atoms with Crippen LogP contribution in [0, 0.1) is 23.2 Å². The van der Waals surface area contributed by atoms with E-state index in [-0.39, 0.29) is 31.2 Å². The van der Waals surface area contributed by atoms with Crippen molar-refractivity contribution in [2.45, 2.75) is 76.0 Å². The Morgan fingerprint density at radius 3 is 2.21 bits per heavy atom. The van der Waals surface area contributed by atoms with Gasteiger partial charge in [-0.2, -0.15) is 5.10 Å². The fraction of sp³-hybridized carbons (Fsp3) is 0.457. The molecule has 5 atom stereocenters. The number of carbonyl (C=O) groups excluding carboxylic acids is 5. The summed E-state index contributed by atoms with van der Waals surface area (Å²) in [4.78, 5) is 85.9. The smallest absolute Gasteiger partial charge is 0.329 e. The molecule has 13 nitrogen and oxygen atoms in total. The van der Waals surface area contributed by atoms with Crippen LogP contribution in [0.2, 0.25) is 0 Å². The minimum atomic E-state index is -1.89. The average molecular weight is 657 g/mol. The Kier molecular flexibility index (Phi) is 8.22. The molecule has 6 N–H and O–H groups in total. The zero-order valence-electron chi connectivity index (χ0n) is 26.9. The summed E-state index contributed by atoms with van der Waals surface area (Å²) in [5.41, 5.74) is 2.64. The van der Waals surface area contributed by atoms with Crippen molar-refractivity contribution in [1.29, 1.82) is 0 Å². The van der Waals surface area contributed by atoms with Gasteiger partial charge in [0.25, 0.3) is 5.91 Å². The van der Waals surface area contributed by atoms with E-state index in [4.69, 9.17) is 11.6 Å².